The summed E-state index contributed by atoms with van der Waals surface area (Å²) in [5.74, 6) is 0.858. The van der Waals surface area contributed by atoms with E-state index < -0.39 is 0 Å². The molecule has 0 aromatic rings. The van der Waals surface area contributed by atoms with Gasteiger partial charge in [0.15, 0.2) is 0 Å². The second-order valence-corrected chi connectivity index (χ2v) is 4.44. The van der Waals surface area contributed by atoms with Crippen molar-refractivity contribution >= 4 is 5.91 Å². The summed E-state index contributed by atoms with van der Waals surface area (Å²) >= 11 is 0. The number of amides is 1. The number of carbonyl (C=O) groups is 1. The molecule has 13 heavy (non-hydrogen) atoms. The number of hydrogen-bond acceptors (Lipinski definition) is 2. The summed E-state index contributed by atoms with van der Waals surface area (Å²) in [6.07, 6.45) is 3.68. The van der Waals surface area contributed by atoms with Gasteiger partial charge >= 0.3 is 0 Å². The summed E-state index contributed by atoms with van der Waals surface area (Å²) in [4.78, 5) is 11.4. The van der Waals surface area contributed by atoms with Gasteiger partial charge in [-0.25, -0.2) is 0 Å². The van der Waals surface area contributed by atoms with E-state index in [1.165, 1.54) is 12.8 Å². The van der Waals surface area contributed by atoms with E-state index in [1.807, 2.05) is 6.92 Å². The molecule has 4 unspecified atom stereocenters. The minimum atomic E-state index is -0.0122. The highest BCUT2D eigenvalue weighted by Gasteiger charge is 2.37. The lowest BCUT2D eigenvalue weighted by molar-refractivity contribution is -0.126. The molecule has 2 N–H and O–H groups in total. The number of fused-ring (bicyclic) bond motifs is 1. The minimum absolute atomic E-state index is 0.0122. The Bertz CT molecular complexity index is 217. The van der Waals surface area contributed by atoms with Crippen molar-refractivity contribution in [2.75, 3.05) is 0 Å². The Morgan fingerprint density at radius 1 is 1.31 bits per heavy atom. The number of nitrogens with one attached hydrogen (secondary N) is 2. The Balaban J connectivity index is 2.08. The summed E-state index contributed by atoms with van der Waals surface area (Å²) in [6, 6.07) is 0.871. The zero-order valence-corrected chi connectivity index (χ0v) is 8.34. The van der Waals surface area contributed by atoms with Crippen LogP contribution in [-0.4, -0.2) is 24.0 Å². The van der Waals surface area contributed by atoms with Crippen molar-refractivity contribution in [2.45, 2.75) is 51.2 Å². The van der Waals surface area contributed by atoms with Crippen LogP contribution in [0, 0.1) is 5.92 Å². The predicted octanol–water partition coefficient (Wildman–Crippen LogP) is 0.651. The molecule has 74 valence electrons. The van der Waals surface area contributed by atoms with Crippen LogP contribution in [0.25, 0.3) is 0 Å². The fraction of sp³-hybridized carbons (Fsp3) is 0.900. The van der Waals surface area contributed by atoms with Gasteiger partial charge in [0, 0.05) is 12.1 Å². The quantitative estimate of drug-likeness (QED) is 0.577. The van der Waals surface area contributed by atoms with Crippen molar-refractivity contribution in [3.05, 3.63) is 0 Å². The molecule has 1 saturated carbocycles. The van der Waals surface area contributed by atoms with Gasteiger partial charge in [0.25, 0.3) is 0 Å². The monoisotopic (exact) mass is 182 g/mol. The van der Waals surface area contributed by atoms with Gasteiger partial charge in [-0.1, -0.05) is 13.3 Å². The first-order valence-corrected chi connectivity index (χ1v) is 5.25. The van der Waals surface area contributed by atoms with Crippen molar-refractivity contribution in [1.82, 2.24) is 10.6 Å². The smallest absolute Gasteiger partial charge is 0.237 e. The van der Waals surface area contributed by atoms with Gasteiger partial charge < -0.3 is 10.6 Å². The van der Waals surface area contributed by atoms with Gasteiger partial charge in [-0.15, -0.1) is 0 Å². The standard InChI is InChI=1S/C10H18N2O/c1-6-4-3-5-8-9(6)11-7(2)10(13)12-8/h6-9,11H,3-5H2,1-2H3,(H,12,13). The van der Waals surface area contributed by atoms with E-state index >= 15 is 0 Å². The molecule has 0 radical (unpaired) electrons. The molecular formula is C10H18N2O. The van der Waals surface area contributed by atoms with Crippen LogP contribution in [-0.2, 0) is 4.79 Å². The summed E-state index contributed by atoms with van der Waals surface area (Å²) in [5.41, 5.74) is 0. The van der Waals surface area contributed by atoms with Gasteiger partial charge in [0.05, 0.1) is 6.04 Å². The first-order valence-electron chi connectivity index (χ1n) is 5.25. The molecule has 0 aromatic heterocycles. The molecule has 1 amide bonds. The number of carbonyl (C=O) groups excluding carboxylic acids is 1. The van der Waals surface area contributed by atoms with Crippen LogP contribution in [0.5, 0.6) is 0 Å². The highest BCUT2D eigenvalue weighted by Crippen LogP contribution is 2.26. The molecule has 0 bridgehead atoms. The van der Waals surface area contributed by atoms with Gasteiger partial charge in [0.1, 0.15) is 0 Å². The molecule has 2 rings (SSSR count). The van der Waals surface area contributed by atoms with Crippen molar-refractivity contribution in [2.24, 2.45) is 5.92 Å². The minimum Gasteiger partial charge on any atom is -0.350 e. The molecule has 3 heteroatoms. The van der Waals surface area contributed by atoms with E-state index in [0.717, 1.165) is 6.42 Å². The fourth-order valence-electron chi connectivity index (χ4n) is 2.53. The van der Waals surface area contributed by atoms with Crippen molar-refractivity contribution < 1.29 is 4.79 Å². The Hall–Kier alpha value is -0.570. The van der Waals surface area contributed by atoms with E-state index in [4.69, 9.17) is 0 Å². The number of piperazine rings is 1. The molecule has 3 nitrogen and oxygen atoms in total. The molecule has 0 spiro atoms. The van der Waals surface area contributed by atoms with E-state index in [1.54, 1.807) is 0 Å². The van der Waals surface area contributed by atoms with E-state index in [9.17, 15) is 4.79 Å². The number of rotatable bonds is 0. The largest absolute Gasteiger partial charge is 0.350 e. The molecule has 1 heterocycles. The van der Waals surface area contributed by atoms with Crippen LogP contribution in [0.15, 0.2) is 0 Å². The van der Waals surface area contributed by atoms with Crippen molar-refractivity contribution in [1.29, 1.82) is 0 Å². The summed E-state index contributed by atoms with van der Waals surface area (Å²) < 4.78 is 0. The Kier molecular flexibility index (Phi) is 2.28. The average molecular weight is 182 g/mol. The lowest BCUT2D eigenvalue weighted by Crippen LogP contribution is -2.65. The molecule has 2 aliphatic rings. The molecule has 1 saturated heterocycles. The Morgan fingerprint density at radius 3 is 2.85 bits per heavy atom. The third-order valence-corrected chi connectivity index (χ3v) is 3.38. The average Bonchev–Trinajstić information content (AvgIpc) is 2.09. The topological polar surface area (TPSA) is 41.1 Å². The second kappa shape index (κ2) is 3.29. The Morgan fingerprint density at radius 2 is 2.08 bits per heavy atom. The fourth-order valence-corrected chi connectivity index (χ4v) is 2.53. The van der Waals surface area contributed by atoms with Gasteiger partial charge in [-0.2, -0.15) is 0 Å². The normalized spacial score (nSPS) is 45.2. The van der Waals surface area contributed by atoms with E-state index in [2.05, 4.69) is 17.6 Å². The molecule has 2 fully saturated rings. The Labute approximate surface area is 79.3 Å². The molecule has 1 aliphatic heterocycles. The van der Waals surface area contributed by atoms with Crippen LogP contribution in [0.4, 0.5) is 0 Å². The third-order valence-electron chi connectivity index (χ3n) is 3.38. The van der Waals surface area contributed by atoms with E-state index in [0.29, 0.717) is 18.0 Å². The van der Waals surface area contributed by atoms with Crippen molar-refractivity contribution in [3.63, 3.8) is 0 Å². The third kappa shape index (κ3) is 1.57. The molecular weight excluding hydrogens is 164 g/mol. The zero-order chi connectivity index (χ0) is 9.42. The van der Waals surface area contributed by atoms with Crippen LogP contribution >= 0.6 is 0 Å². The molecule has 0 aromatic carbocycles. The van der Waals surface area contributed by atoms with Crippen LogP contribution < -0.4 is 10.6 Å². The molecule has 4 atom stereocenters. The lowest BCUT2D eigenvalue weighted by Gasteiger charge is -2.43. The summed E-state index contributed by atoms with van der Waals surface area (Å²) in [7, 11) is 0. The van der Waals surface area contributed by atoms with Crippen molar-refractivity contribution in [3.8, 4) is 0 Å². The highest BCUT2D eigenvalue weighted by atomic mass is 16.2. The van der Waals surface area contributed by atoms with Gasteiger partial charge in [0.2, 0.25) is 5.91 Å². The summed E-state index contributed by atoms with van der Waals surface area (Å²) in [5, 5.41) is 6.50. The maximum absolute atomic E-state index is 11.4. The highest BCUT2D eigenvalue weighted by molar-refractivity contribution is 5.82. The summed E-state index contributed by atoms with van der Waals surface area (Å²) in [6.45, 7) is 4.21. The second-order valence-electron chi connectivity index (χ2n) is 4.44. The first-order chi connectivity index (χ1) is 6.18. The van der Waals surface area contributed by atoms with E-state index in [-0.39, 0.29) is 11.9 Å². The lowest BCUT2D eigenvalue weighted by atomic mass is 9.80. The van der Waals surface area contributed by atoms with Crippen LogP contribution in [0.3, 0.4) is 0 Å². The van der Waals surface area contributed by atoms with Gasteiger partial charge in [-0.05, 0) is 25.7 Å². The molecule has 1 aliphatic carbocycles. The predicted molar refractivity (Wildman–Crippen MR) is 51.3 cm³/mol. The van der Waals surface area contributed by atoms with Crippen LogP contribution in [0.1, 0.15) is 33.1 Å². The number of hydrogen-bond donors (Lipinski definition) is 2. The maximum atomic E-state index is 11.4. The zero-order valence-electron chi connectivity index (χ0n) is 8.34. The first kappa shape index (κ1) is 9.00. The van der Waals surface area contributed by atoms with Gasteiger partial charge in [-0.3, -0.25) is 4.79 Å². The van der Waals surface area contributed by atoms with Crippen LogP contribution in [0.2, 0.25) is 0 Å². The SMILES string of the molecule is CC1NC2C(C)CCCC2NC1=O. The maximum Gasteiger partial charge on any atom is 0.237 e.